The zero-order chi connectivity index (χ0) is 12.4. The van der Waals surface area contributed by atoms with Crippen molar-refractivity contribution in [1.82, 2.24) is 0 Å². The standard InChI is InChI=1S/C12H20O5/c1-2-17-10(13)11(5-7-16-8-11)12(14)4-3-6-15-9-12/h14H,2-9H2,1H3. The van der Waals surface area contributed by atoms with Gasteiger partial charge >= 0.3 is 5.97 Å². The minimum absolute atomic E-state index is 0.190. The van der Waals surface area contributed by atoms with Crippen LogP contribution in [0.25, 0.3) is 0 Å². The summed E-state index contributed by atoms with van der Waals surface area (Å²) in [7, 11) is 0. The van der Waals surface area contributed by atoms with Crippen LogP contribution in [0.1, 0.15) is 26.2 Å². The van der Waals surface area contributed by atoms with Crippen LogP contribution < -0.4 is 0 Å². The minimum Gasteiger partial charge on any atom is -0.465 e. The van der Waals surface area contributed by atoms with Crippen LogP contribution in [-0.4, -0.2) is 49.7 Å². The topological polar surface area (TPSA) is 65.0 Å². The van der Waals surface area contributed by atoms with Crippen LogP contribution in [0.3, 0.4) is 0 Å². The monoisotopic (exact) mass is 244 g/mol. The van der Waals surface area contributed by atoms with Crippen molar-refractivity contribution in [2.24, 2.45) is 5.41 Å². The molecule has 2 aliphatic heterocycles. The highest BCUT2D eigenvalue weighted by molar-refractivity contribution is 5.79. The third-order valence-electron chi connectivity index (χ3n) is 3.80. The number of hydrogen-bond donors (Lipinski definition) is 1. The van der Waals surface area contributed by atoms with Crippen LogP contribution in [0.5, 0.6) is 0 Å². The summed E-state index contributed by atoms with van der Waals surface area (Å²) in [5.74, 6) is -0.356. The lowest BCUT2D eigenvalue weighted by atomic mass is 9.68. The van der Waals surface area contributed by atoms with Crippen molar-refractivity contribution in [2.45, 2.75) is 31.8 Å². The van der Waals surface area contributed by atoms with Gasteiger partial charge in [-0.15, -0.1) is 0 Å². The van der Waals surface area contributed by atoms with Crippen LogP contribution >= 0.6 is 0 Å². The number of esters is 1. The maximum Gasteiger partial charge on any atom is 0.317 e. The summed E-state index contributed by atoms with van der Waals surface area (Å²) in [6.07, 6.45) is 1.83. The fourth-order valence-electron chi connectivity index (χ4n) is 2.71. The molecule has 2 atom stereocenters. The van der Waals surface area contributed by atoms with Gasteiger partial charge in [-0.05, 0) is 26.2 Å². The highest BCUT2D eigenvalue weighted by atomic mass is 16.5. The first-order valence-corrected chi connectivity index (χ1v) is 6.20. The molecule has 2 saturated heterocycles. The Morgan fingerprint density at radius 1 is 1.29 bits per heavy atom. The van der Waals surface area contributed by atoms with E-state index in [0.717, 1.165) is 6.42 Å². The van der Waals surface area contributed by atoms with Crippen LogP contribution in [0.2, 0.25) is 0 Å². The van der Waals surface area contributed by atoms with Crippen molar-refractivity contribution in [2.75, 3.05) is 33.0 Å². The van der Waals surface area contributed by atoms with Gasteiger partial charge in [0.15, 0.2) is 0 Å². The molecule has 0 radical (unpaired) electrons. The predicted octanol–water partition coefficient (Wildman–Crippen LogP) is 0.498. The van der Waals surface area contributed by atoms with Crippen LogP contribution in [0.15, 0.2) is 0 Å². The molecule has 5 nitrogen and oxygen atoms in total. The molecule has 0 amide bonds. The summed E-state index contributed by atoms with van der Waals surface area (Å²) in [4.78, 5) is 12.2. The number of carbonyl (C=O) groups excluding carboxylic acids is 1. The first-order chi connectivity index (χ1) is 8.15. The molecule has 0 aromatic heterocycles. The third-order valence-corrected chi connectivity index (χ3v) is 3.80. The molecule has 0 aliphatic carbocycles. The second-order valence-corrected chi connectivity index (χ2v) is 4.79. The van der Waals surface area contributed by atoms with E-state index in [-0.39, 0.29) is 19.2 Å². The van der Waals surface area contributed by atoms with E-state index in [1.807, 2.05) is 0 Å². The third kappa shape index (κ3) is 2.07. The molecule has 2 heterocycles. The molecule has 2 rings (SSSR count). The Kier molecular flexibility index (Phi) is 3.70. The fraction of sp³-hybridized carbons (Fsp3) is 0.917. The molecular weight excluding hydrogens is 224 g/mol. The van der Waals surface area contributed by atoms with E-state index in [1.165, 1.54) is 0 Å². The maximum atomic E-state index is 12.2. The minimum atomic E-state index is -1.14. The molecule has 98 valence electrons. The Hall–Kier alpha value is -0.650. The highest BCUT2D eigenvalue weighted by Gasteiger charge is 2.59. The van der Waals surface area contributed by atoms with Gasteiger partial charge in [0.1, 0.15) is 11.0 Å². The van der Waals surface area contributed by atoms with E-state index in [1.54, 1.807) is 6.92 Å². The summed E-state index contributed by atoms with van der Waals surface area (Å²) in [6.45, 7) is 3.63. The first-order valence-electron chi connectivity index (χ1n) is 6.20. The molecule has 2 fully saturated rings. The van der Waals surface area contributed by atoms with E-state index in [4.69, 9.17) is 14.2 Å². The van der Waals surface area contributed by atoms with E-state index in [9.17, 15) is 9.90 Å². The SMILES string of the molecule is CCOC(=O)C1(C2(O)CCCOC2)CCOC1. The van der Waals surface area contributed by atoms with Crippen molar-refractivity contribution in [3.63, 3.8) is 0 Å². The van der Waals surface area contributed by atoms with Crippen LogP contribution in [-0.2, 0) is 19.0 Å². The van der Waals surface area contributed by atoms with Crippen LogP contribution in [0.4, 0.5) is 0 Å². The Morgan fingerprint density at radius 3 is 2.59 bits per heavy atom. The van der Waals surface area contributed by atoms with Gasteiger partial charge in [0, 0.05) is 13.2 Å². The average Bonchev–Trinajstić information content (AvgIpc) is 2.81. The Bertz CT molecular complexity index is 277. The number of rotatable bonds is 3. The smallest absolute Gasteiger partial charge is 0.317 e. The molecule has 5 heteroatoms. The summed E-state index contributed by atoms with van der Waals surface area (Å²) in [6, 6.07) is 0. The van der Waals surface area contributed by atoms with Crippen molar-refractivity contribution < 1.29 is 24.1 Å². The molecular formula is C12H20O5. The van der Waals surface area contributed by atoms with Gasteiger partial charge in [-0.2, -0.15) is 0 Å². The second-order valence-electron chi connectivity index (χ2n) is 4.79. The van der Waals surface area contributed by atoms with Gasteiger partial charge < -0.3 is 19.3 Å². The number of aliphatic hydroxyl groups is 1. The van der Waals surface area contributed by atoms with Crippen LogP contribution in [0, 0.1) is 5.41 Å². The Labute approximate surface area is 101 Å². The summed E-state index contributed by atoms with van der Waals surface area (Å²) < 4.78 is 15.8. The number of carbonyl (C=O) groups is 1. The normalized spacial score (nSPS) is 38.0. The summed E-state index contributed by atoms with van der Waals surface area (Å²) in [5.41, 5.74) is -2.09. The van der Waals surface area contributed by atoms with Crippen molar-refractivity contribution in [3.8, 4) is 0 Å². The van der Waals surface area contributed by atoms with Gasteiger partial charge in [0.25, 0.3) is 0 Å². The molecule has 17 heavy (non-hydrogen) atoms. The van der Waals surface area contributed by atoms with Crippen molar-refractivity contribution in [1.29, 1.82) is 0 Å². The zero-order valence-electron chi connectivity index (χ0n) is 10.2. The number of hydrogen-bond acceptors (Lipinski definition) is 5. The lowest BCUT2D eigenvalue weighted by molar-refractivity contribution is -0.195. The molecule has 0 spiro atoms. The predicted molar refractivity (Wildman–Crippen MR) is 59.5 cm³/mol. The quantitative estimate of drug-likeness (QED) is 0.732. The molecule has 1 N–H and O–H groups in total. The lowest BCUT2D eigenvalue weighted by Crippen LogP contribution is -2.58. The largest absolute Gasteiger partial charge is 0.465 e. The maximum absolute atomic E-state index is 12.2. The van der Waals surface area contributed by atoms with Crippen molar-refractivity contribution >= 4 is 5.97 Å². The lowest BCUT2D eigenvalue weighted by Gasteiger charge is -2.43. The molecule has 0 aromatic rings. The van der Waals surface area contributed by atoms with Gasteiger partial charge in [0.05, 0.1) is 19.8 Å². The Morgan fingerprint density at radius 2 is 2.06 bits per heavy atom. The Balaban J connectivity index is 2.23. The van der Waals surface area contributed by atoms with E-state index >= 15 is 0 Å². The van der Waals surface area contributed by atoms with E-state index < -0.39 is 11.0 Å². The molecule has 0 bridgehead atoms. The molecule has 2 unspecified atom stereocenters. The molecule has 0 saturated carbocycles. The van der Waals surface area contributed by atoms with E-state index in [0.29, 0.717) is 32.7 Å². The van der Waals surface area contributed by atoms with Gasteiger partial charge in [-0.3, -0.25) is 4.79 Å². The molecule has 0 aromatic carbocycles. The summed E-state index contributed by atoms with van der Waals surface area (Å²) in [5, 5.41) is 10.7. The van der Waals surface area contributed by atoms with E-state index in [2.05, 4.69) is 0 Å². The van der Waals surface area contributed by atoms with Gasteiger partial charge in [0.2, 0.25) is 0 Å². The summed E-state index contributed by atoms with van der Waals surface area (Å²) >= 11 is 0. The number of ether oxygens (including phenoxy) is 3. The fourth-order valence-corrected chi connectivity index (χ4v) is 2.71. The highest BCUT2D eigenvalue weighted by Crippen LogP contribution is 2.45. The first kappa shape index (κ1) is 12.8. The second kappa shape index (κ2) is 4.92. The molecule has 2 aliphatic rings. The van der Waals surface area contributed by atoms with Gasteiger partial charge in [-0.25, -0.2) is 0 Å². The van der Waals surface area contributed by atoms with Gasteiger partial charge in [-0.1, -0.05) is 0 Å². The average molecular weight is 244 g/mol. The van der Waals surface area contributed by atoms with Crippen molar-refractivity contribution in [3.05, 3.63) is 0 Å². The zero-order valence-corrected chi connectivity index (χ0v) is 10.2.